The van der Waals surface area contributed by atoms with E-state index in [1.807, 2.05) is 25.9 Å². The minimum Gasteiger partial charge on any atom is -0.481 e. The Hall–Kier alpha value is -1.14. The molecule has 3 atom stereocenters. The summed E-state index contributed by atoms with van der Waals surface area (Å²) in [5.41, 5.74) is 0. The molecular weight excluding hydrogens is 260 g/mol. The smallest absolute Gasteiger partial charge is 0.307 e. The monoisotopic (exact) mass is 286 g/mol. The number of likely N-dealkylation sites (N-methyl/N-ethyl adjacent to an activating group) is 1. The Kier molecular flexibility index (Phi) is 6.95. The Morgan fingerprint density at radius 2 is 1.90 bits per heavy atom. The Balaban J connectivity index is 2.23. The van der Waals surface area contributed by atoms with Crippen LogP contribution in [0.5, 0.6) is 0 Å². The molecule has 20 heavy (non-hydrogen) atoms. The molecule has 1 amide bonds. The van der Waals surface area contributed by atoms with Gasteiger partial charge in [-0.05, 0) is 32.9 Å². The molecule has 0 aromatic heterocycles. The number of carbonyl (C=O) groups is 2. The van der Waals surface area contributed by atoms with E-state index in [0.717, 1.165) is 6.54 Å². The van der Waals surface area contributed by atoms with Crippen molar-refractivity contribution in [2.24, 2.45) is 17.8 Å². The van der Waals surface area contributed by atoms with Crippen molar-refractivity contribution in [3.8, 4) is 0 Å². The lowest BCUT2D eigenvalue weighted by Crippen LogP contribution is -2.37. The number of rotatable bonds is 8. The minimum absolute atomic E-state index is 0.155. The minimum atomic E-state index is -0.864. The Labute approximate surface area is 120 Å². The summed E-state index contributed by atoms with van der Waals surface area (Å²) in [7, 11) is 3.94. The van der Waals surface area contributed by atoms with E-state index >= 15 is 0 Å². The van der Waals surface area contributed by atoms with Crippen molar-refractivity contribution < 1.29 is 19.4 Å². The average Bonchev–Trinajstić information content (AvgIpc) is 2.75. The van der Waals surface area contributed by atoms with Crippen molar-refractivity contribution in [1.82, 2.24) is 10.2 Å². The summed E-state index contributed by atoms with van der Waals surface area (Å²) < 4.78 is 5.38. The molecule has 0 radical (unpaired) electrons. The van der Waals surface area contributed by atoms with Gasteiger partial charge in [-0.3, -0.25) is 9.59 Å². The van der Waals surface area contributed by atoms with Crippen LogP contribution in [0.25, 0.3) is 0 Å². The van der Waals surface area contributed by atoms with Crippen LogP contribution in [0.3, 0.4) is 0 Å². The van der Waals surface area contributed by atoms with Crippen molar-refractivity contribution in [3.63, 3.8) is 0 Å². The van der Waals surface area contributed by atoms with Crippen LogP contribution in [0.4, 0.5) is 0 Å². The molecule has 3 unspecified atom stereocenters. The van der Waals surface area contributed by atoms with Gasteiger partial charge in [-0.25, -0.2) is 0 Å². The predicted molar refractivity (Wildman–Crippen MR) is 75.4 cm³/mol. The summed E-state index contributed by atoms with van der Waals surface area (Å²) in [6, 6.07) is 0. The second-order valence-corrected chi connectivity index (χ2v) is 5.83. The van der Waals surface area contributed by atoms with Crippen LogP contribution in [0, 0.1) is 17.8 Å². The molecule has 1 fully saturated rings. The van der Waals surface area contributed by atoms with E-state index in [1.165, 1.54) is 0 Å². The number of amides is 1. The van der Waals surface area contributed by atoms with Crippen molar-refractivity contribution >= 4 is 11.9 Å². The highest BCUT2D eigenvalue weighted by Gasteiger charge is 2.40. The Morgan fingerprint density at radius 1 is 1.25 bits per heavy atom. The molecule has 0 saturated heterocycles. The van der Waals surface area contributed by atoms with E-state index in [-0.39, 0.29) is 5.91 Å². The lowest BCUT2D eigenvalue weighted by Gasteiger charge is -2.15. The maximum atomic E-state index is 12.0. The van der Waals surface area contributed by atoms with Gasteiger partial charge in [0.2, 0.25) is 5.91 Å². The number of carbonyl (C=O) groups excluding carboxylic acids is 1. The van der Waals surface area contributed by atoms with Gasteiger partial charge in [0.1, 0.15) is 0 Å². The fourth-order valence-corrected chi connectivity index (χ4v) is 2.58. The lowest BCUT2D eigenvalue weighted by molar-refractivity contribution is -0.146. The van der Waals surface area contributed by atoms with Crippen LogP contribution in [0.2, 0.25) is 0 Å². The number of aliphatic carboxylic acids is 1. The van der Waals surface area contributed by atoms with Crippen LogP contribution in [-0.4, -0.2) is 62.3 Å². The summed E-state index contributed by atoms with van der Waals surface area (Å²) in [5, 5.41) is 11.9. The number of nitrogens with one attached hydrogen (secondary N) is 1. The molecule has 1 saturated carbocycles. The molecule has 0 spiro atoms. The van der Waals surface area contributed by atoms with Gasteiger partial charge in [0.25, 0.3) is 0 Å². The third-order valence-electron chi connectivity index (χ3n) is 3.68. The van der Waals surface area contributed by atoms with E-state index in [9.17, 15) is 9.59 Å². The van der Waals surface area contributed by atoms with Crippen LogP contribution < -0.4 is 5.32 Å². The standard InChI is InChI=1S/C14H26N2O4/c1-10-8-11(12(9-10)14(18)19)13(17)15-4-6-20-7-5-16(2)3/h10-12H,4-9H2,1-3H3,(H,15,17)(H,18,19). The molecule has 6 heteroatoms. The number of hydrogen-bond acceptors (Lipinski definition) is 4. The zero-order valence-electron chi connectivity index (χ0n) is 12.6. The molecule has 6 nitrogen and oxygen atoms in total. The second kappa shape index (κ2) is 8.21. The van der Waals surface area contributed by atoms with Crippen LogP contribution in [0.1, 0.15) is 19.8 Å². The van der Waals surface area contributed by atoms with Crippen molar-refractivity contribution in [2.75, 3.05) is 40.4 Å². The molecule has 1 aliphatic carbocycles. The highest BCUT2D eigenvalue weighted by Crippen LogP contribution is 2.36. The van der Waals surface area contributed by atoms with E-state index in [4.69, 9.17) is 9.84 Å². The van der Waals surface area contributed by atoms with Gasteiger partial charge >= 0.3 is 5.97 Å². The van der Waals surface area contributed by atoms with Crippen LogP contribution in [0.15, 0.2) is 0 Å². The number of carboxylic acid groups (broad SMARTS) is 1. The van der Waals surface area contributed by atoms with E-state index in [0.29, 0.717) is 38.5 Å². The molecule has 1 aliphatic rings. The van der Waals surface area contributed by atoms with Crippen LogP contribution >= 0.6 is 0 Å². The van der Waals surface area contributed by atoms with Gasteiger partial charge in [0.15, 0.2) is 0 Å². The summed E-state index contributed by atoms with van der Waals surface area (Å²) >= 11 is 0. The summed E-state index contributed by atoms with van der Waals surface area (Å²) in [6.07, 6.45) is 1.25. The molecule has 0 aliphatic heterocycles. The first-order chi connectivity index (χ1) is 9.41. The molecule has 0 aromatic rings. The average molecular weight is 286 g/mol. The quantitative estimate of drug-likeness (QED) is 0.633. The van der Waals surface area contributed by atoms with Gasteiger partial charge < -0.3 is 20.1 Å². The molecule has 0 bridgehead atoms. The summed E-state index contributed by atoms with van der Waals surface area (Å²) in [4.78, 5) is 25.2. The summed E-state index contributed by atoms with van der Waals surface area (Å²) in [6.45, 7) is 4.35. The normalized spacial score (nSPS) is 25.9. The van der Waals surface area contributed by atoms with Crippen molar-refractivity contribution in [1.29, 1.82) is 0 Å². The lowest BCUT2D eigenvalue weighted by atomic mass is 9.95. The van der Waals surface area contributed by atoms with E-state index in [2.05, 4.69) is 5.32 Å². The van der Waals surface area contributed by atoms with Crippen molar-refractivity contribution in [2.45, 2.75) is 19.8 Å². The van der Waals surface area contributed by atoms with Crippen molar-refractivity contribution in [3.05, 3.63) is 0 Å². The zero-order valence-corrected chi connectivity index (χ0v) is 12.6. The topological polar surface area (TPSA) is 78.9 Å². The maximum Gasteiger partial charge on any atom is 0.307 e. The first-order valence-electron chi connectivity index (χ1n) is 7.14. The maximum absolute atomic E-state index is 12.0. The molecule has 116 valence electrons. The van der Waals surface area contributed by atoms with E-state index in [1.54, 1.807) is 0 Å². The van der Waals surface area contributed by atoms with Crippen LogP contribution in [-0.2, 0) is 14.3 Å². The molecule has 1 rings (SSSR count). The largest absolute Gasteiger partial charge is 0.481 e. The molecule has 2 N–H and O–H groups in total. The number of carboxylic acids is 1. The number of nitrogens with zero attached hydrogens (tertiary/aromatic N) is 1. The van der Waals surface area contributed by atoms with Gasteiger partial charge in [0, 0.05) is 13.1 Å². The zero-order chi connectivity index (χ0) is 15.1. The highest BCUT2D eigenvalue weighted by atomic mass is 16.5. The molecule has 0 aromatic carbocycles. The molecular formula is C14H26N2O4. The first kappa shape index (κ1) is 16.9. The third kappa shape index (κ3) is 5.46. The fraction of sp³-hybridized carbons (Fsp3) is 0.857. The Bertz CT molecular complexity index is 333. The second-order valence-electron chi connectivity index (χ2n) is 5.83. The third-order valence-corrected chi connectivity index (χ3v) is 3.68. The number of hydrogen-bond donors (Lipinski definition) is 2. The van der Waals surface area contributed by atoms with Gasteiger partial charge in [-0.2, -0.15) is 0 Å². The SMILES string of the molecule is CC1CC(C(=O)O)C(C(=O)NCCOCCN(C)C)C1. The van der Waals surface area contributed by atoms with E-state index < -0.39 is 17.8 Å². The highest BCUT2D eigenvalue weighted by molar-refractivity contribution is 5.85. The van der Waals surface area contributed by atoms with Gasteiger partial charge in [0.05, 0.1) is 25.0 Å². The summed E-state index contributed by atoms with van der Waals surface area (Å²) in [5.74, 6) is -1.66. The first-order valence-corrected chi connectivity index (χ1v) is 7.14. The Morgan fingerprint density at radius 3 is 2.50 bits per heavy atom. The molecule has 0 heterocycles. The fourth-order valence-electron chi connectivity index (χ4n) is 2.58. The van der Waals surface area contributed by atoms with Gasteiger partial charge in [-0.1, -0.05) is 6.92 Å². The number of ether oxygens (including phenoxy) is 1. The predicted octanol–water partition coefficient (Wildman–Crippen LogP) is 0.428. The van der Waals surface area contributed by atoms with Gasteiger partial charge in [-0.15, -0.1) is 0 Å².